The van der Waals surface area contributed by atoms with Gasteiger partial charge in [0.05, 0.1) is 25.4 Å². The van der Waals surface area contributed by atoms with E-state index >= 15 is 0 Å². The molecular weight excluding hydrogens is 851 g/mol. The topological polar surface area (TPSA) is 95.9 Å². The first-order valence-electron chi connectivity index (χ1n) is 31.1. The Kier molecular flexibility index (Phi) is 57.5. The van der Waals surface area contributed by atoms with E-state index in [-0.39, 0.29) is 18.5 Å². The van der Waals surface area contributed by atoms with E-state index in [1.165, 1.54) is 276 Å². The number of esters is 1. The highest BCUT2D eigenvalue weighted by molar-refractivity contribution is 5.76. The van der Waals surface area contributed by atoms with Gasteiger partial charge in [0.25, 0.3) is 0 Å². The van der Waals surface area contributed by atoms with Gasteiger partial charge in [-0.15, -0.1) is 0 Å². The molecule has 6 nitrogen and oxygen atoms in total. The minimum atomic E-state index is -0.842. The molecule has 0 aliphatic rings. The third-order valence-electron chi connectivity index (χ3n) is 14.5. The lowest BCUT2D eigenvalue weighted by Gasteiger charge is -2.20. The summed E-state index contributed by atoms with van der Waals surface area (Å²) in [7, 11) is 0. The predicted octanol–water partition coefficient (Wildman–Crippen LogP) is 19.4. The standard InChI is InChI=1S/C63H121NO5/c1-3-5-7-9-11-13-15-16-34-37-41-45-49-53-57-63(68)69-58-54-50-46-42-38-35-32-30-28-26-24-22-20-18-17-19-21-23-25-27-29-31-33-36-40-44-48-52-56-62(67)64-60(59-65)61(66)55-51-47-43-39-14-12-10-8-6-4-2/h17-18,51,55,60-61,65-66H,3-16,19-50,52-54,56-59H2,1-2H3,(H,64,67)/b18-17-,55-51+. The maximum atomic E-state index is 12.4. The van der Waals surface area contributed by atoms with Crippen LogP contribution in [0, 0.1) is 0 Å². The normalized spacial score (nSPS) is 12.7. The molecule has 0 spiro atoms. The molecule has 0 heterocycles. The van der Waals surface area contributed by atoms with Gasteiger partial charge in [-0.3, -0.25) is 9.59 Å². The first kappa shape index (κ1) is 67.3. The van der Waals surface area contributed by atoms with Gasteiger partial charge < -0.3 is 20.3 Å². The Morgan fingerprint density at radius 1 is 0.391 bits per heavy atom. The number of nitrogens with one attached hydrogen (secondary N) is 1. The molecule has 69 heavy (non-hydrogen) atoms. The molecule has 0 radical (unpaired) electrons. The summed E-state index contributed by atoms with van der Waals surface area (Å²) in [4.78, 5) is 24.5. The summed E-state index contributed by atoms with van der Waals surface area (Å²) >= 11 is 0. The number of hydrogen-bond acceptors (Lipinski definition) is 5. The number of unbranched alkanes of at least 4 members (excludes halogenated alkanes) is 45. The lowest BCUT2D eigenvalue weighted by molar-refractivity contribution is -0.143. The van der Waals surface area contributed by atoms with Crippen molar-refractivity contribution in [3.05, 3.63) is 24.3 Å². The van der Waals surface area contributed by atoms with Crippen LogP contribution in [0.1, 0.15) is 341 Å². The number of rotatable bonds is 58. The van der Waals surface area contributed by atoms with Gasteiger partial charge in [0, 0.05) is 12.8 Å². The molecular formula is C63H121NO5. The highest BCUT2D eigenvalue weighted by Gasteiger charge is 2.18. The Morgan fingerprint density at radius 2 is 0.681 bits per heavy atom. The molecule has 2 unspecified atom stereocenters. The second-order valence-electron chi connectivity index (χ2n) is 21.4. The zero-order chi connectivity index (χ0) is 50.0. The van der Waals surface area contributed by atoms with Crippen LogP contribution in [0.15, 0.2) is 24.3 Å². The van der Waals surface area contributed by atoms with Crippen molar-refractivity contribution in [2.75, 3.05) is 13.2 Å². The van der Waals surface area contributed by atoms with Crippen LogP contribution in [0.2, 0.25) is 0 Å². The molecule has 3 N–H and O–H groups in total. The highest BCUT2D eigenvalue weighted by atomic mass is 16.5. The lowest BCUT2D eigenvalue weighted by atomic mass is 10.0. The van der Waals surface area contributed by atoms with Crippen LogP contribution in [-0.4, -0.2) is 47.4 Å². The molecule has 408 valence electrons. The molecule has 0 aliphatic carbocycles. The van der Waals surface area contributed by atoms with Crippen molar-refractivity contribution < 1.29 is 24.5 Å². The van der Waals surface area contributed by atoms with Gasteiger partial charge in [-0.2, -0.15) is 0 Å². The van der Waals surface area contributed by atoms with Gasteiger partial charge in [-0.05, 0) is 57.8 Å². The fourth-order valence-electron chi connectivity index (χ4n) is 9.69. The molecule has 0 aliphatic heterocycles. The van der Waals surface area contributed by atoms with Crippen molar-refractivity contribution in [3.8, 4) is 0 Å². The van der Waals surface area contributed by atoms with Crippen molar-refractivity contribution in [2.45, 2.75) is 353 Å². The van der Waals surface area contributed by atoms with Crippen LogP contribution in [0.4, 0.5) is 0 Å². The summed E-state index contributed by atoms with van der Waals surface area (Å²) in [6.45, 7) is 4.90. The number of hydrogen-bond donors (Lipinski definition) is 3. The van der Waals surface area contributed by atoms with E-state index in [1.54, 1.807) is 6.08 Å². The molecule has 0 bridgehead atoms. The van der Waals surface area contributed by atoms with Gasteiger partial charge in [0.2, 0.25) is 5.91 Å². The number of carbonyl (C=O) groups excluding carboxylic acids is 2. The maximum absolute atomic E-state index is 12.4. The van der Waals surface area contributed by atoms with Gasteiger partial charge >= 0.3 is 5.97 Å². The summed E-state index contributed by atoms with van der Waals surface area (Å²) in [6, 6.07) is -0.625. The summed E-state index contributed by atoms with van der Waals surface area (Å²) in [5.41, 5.74) is 0. The average Bonchev–Trinajstić information content (AvgIpc) is 3.35. The highest BCUT2D eigenvalue weighted by Crippen LogP contribution is 2.17. The Balaban J connectivity index is 3.36. The SMILES string of the molecule is CCCCCCCCCC/C=C/C(O)C(CO)NC(=O)CCCCCCCCCCCCCC/C=C\CCCCCCCCCCCCCCOC(=O)CCCCCCCCCCCCCCCC. The number of allylic oxidation sites excluding steroid dienone is 3. The van der Waals surface area contributed by atoms with Crippen LogP contribution < -0.4 is 5.32 Å². The van der Waals surface area contributed by atoms with E-state index in [4.69, 9.17) is 4.74 Å². The van der Waals surface area contributed by atoms with Crippen molar-refractivity contribution in [1.29, 1.82) is 0 Å². The van der Waals surface area contributed by atoms with Crippen molar-refractivity contribution in [3.63, 3.8) is 0 Å². The molecule has 0 saturated carbocycles. The van der Waals surface area contributed by atoms with Gasteiger partial charge in [-0.25, -0.2) is 0 Å². The number of carbonyl (C=O) groups is 2. The molecule has 0 aromatic rings. The first-order chi connectivity index (χ1) is 34.0. The first-order valence-corrected chi connectivity index (χ1v) is 31.1. The molecule has 1 amide bonds. The van der Waals surface area contributed by atoms with Gasteiger partial charge in [0.15, 0.2) is 0 Å². The minimum Gasteiger partial charge on any atom is -0.466 e. The zero-order valence-electron chi connectivity index (χ0n) is 46.6. The number of ether oxygens (including phenoxy) is 1. The Hall–Kier alpha value is -1.66. The van der Waals surface area contributed by atoms with E-state index in [9.17, 15) is 19.8 Å². The Labute approximate surface area is 431 Å². The smallest absolute Gasteiger partial charge is 0.305 e. The molecule has 0 aromatic carbocycles. The largest absolute Gasteiger partial charge is 0.466 e. The van der Waals surface area contributed by atoms with Crippen molar-refractivity contribution in [2.24, 2.45) is 0 Å². The van der Waals surface area contributed by atoms with Crippen molar-refractivity contribution in [1.82, 2.24) is 5.32 Å². The number of aliphatic hydroxyl groups is 2. The molecule has 0 saturated heterocycles. The quantitative estimate of drug-likeness (QED) is 0.0321. The molecule has 0 rings (SSSR count). The van der Waals surface area contributed by atoms with Crippen LogP contribution in [0.3, 0.4) is 0 Å². The second-order valence-corrected chi connectivity index (χ2v) is 21.4. The summed E-state index contributed by atoms with van der Waals surface area (Å²) in [6.07, 6.45) is 72.4. The Bertz CT molecular complexity index is 1080. The van der Waals surface area contributed by atoms with E-state index in [0.717, 1.165) is 38.5 Å². The van der Waals surface area contributed by atoms with Gasteiger partial charge in [-0.1, -0.05) is 295 Å². The van der Waals surface area contributed by atoms with E-state index in [1.807, 2.05) is 6.08 Å². The predicted molar refractivity (Wildman–Crippen MR) is 301 cm³/mol. The van der Waals surface area contributed by atoms with Crippen molar-refractivity contribution >= 4 is 11.9 Å². The third kappa shape index (κ3) is 55.5. The lowest BCUT2D eigenvalue weighted by Crippen LogP contribution is -2.45. The number of aliphatic hydroxyl groups excluding tert-OH is 2. The summed E-state index contributed by atoms with van der Waals surface area (Å²) in [5.74, 6) is -0.0511. The molecule has 0 fully saturated rings. The van der Waals surface area contributed by atoms with Crippen LogP contribution >= 0.6 is 0 Å². The molecule has 0 aromatic heterocycles. The van der Waals surface area contributed by atoms with E-state index in [0.29, 0.717) is 19.4 Å². The minimum absolute atomic E-state index is 0.0179. The zero-order valence-corrected chi connectivity index (χ0v) is 46.6. The second kappa shape index (κ2) is 58.9. The van der Waals surface area contributed by atoms with Gasteiger partial charge in [0.1, 0.15) is 0 Å². The summed E-state index contributed by atoms with van der Waals surface area (Å²) < 4.78 is 5.49. The monoisotopic (exact) mass is 972 g/mol. The fourth-order valence-corrected chi connectivity index (χ4v) is 9.69. The summed E-state index contributed by atoms with van der Waals surface area (Å²) in [5, 5.41) is 23.0. The molecule has 2 atom stereocenters. The van der Waals surface area contributed by atoms with E-state index < -0.39 is 12.1 Å². The molecule has 6 heteroatoms. The van der Waals surface area contributed by atoms with Crippen LogP contribution in [0.25, 0.3) is 0 Å². The maximum Gasteiger partial charge on any atom is 0.305 e. The van der Waals surface area contributed by atoms with E-state index in [2.05, 4.69) is 31.3 Å². The Morgan fingerprint density at radius 3 is 1.03 bits per heavy atom. The average molecular weight is 973 g/mol. The van der Waals surface area contributed by atoms with Crippen LogP contribution in [0.5, 0.6) is 0 Å². The third-order valence-corrected chi connectivity index (χ3v) is 14.5. The fraction of sp³-hybridized carbons (Fsp3) is 0.905. The number of amides is 1. The van der Waals surface area contributed by atoms with Crippen LogP contribution in [-0.2, 0) is 14.3 Å².